The molecular formula is C15H17N3O5. The SMILES string of the molecule is CCNC(=O)CNC(=O)COC(=O)COc1ccccc1C#N. The lowest BCUT2D eigenvalue weighted by atomic mass is 10.2. The van der Waals surface area contributed by atoms with E-state index in [1.165, 1.54) is 0 Å². The number of para-hydroxylation sites is 1. The van der Waals surface area contributed by atoms with Gasteiger partial charge in [-0.1, -0.05) is 12.1 Å². The van der Waals surface area contributed by atoms with E-state index in [1.54, 1.807) is 31.2 Å². The van der Waals surface area contributed by atoms with Crippen LogP contribution in [0.2, 0.25) is 0 Å². The molecule has 0 unspecified atom stereocenters. The van der Waals surface area contributed by atoms with Crippen LogP contribution in [0.5, 0.6) is 5.75 Å². The van der Waals surface area contributed by atoms with Crippen LogP contribution >= 0.6 is 0 Å². The first-order valence-corrected chi connectivity index (χ1v) is 6.87. The quantitative estimate of drug-likeness (QED) is 0.637. The molecule has 8 heteroatoms. The van der Waals surface area contributed by atoms with Crippen molar-refractivity contribution in [3.05, 3.63) is 29.8 Å². The second-order valence-corrected chi connectivity index (χ2v) is 4.29. The van der Waals surface area contributed by atoms with Crippen LogP contribution in [0.3, 0.4) is 0 Å². The molecule has 0 saturated carbocycles. The summed E-state index contributed by atoms with van der Waals surface area (Å²) in [6.07, 6.45) is 0. The number of esters is 1. The highest BCUT2D eigenvalue weighted by Gasteiger charge is 2.10. The molecule has 0 radical (unpaired) electrons. The molecule has 0 heterocycles. The van der Waals surface area contributed by atoms with E-state index in [0.29, 0.717) is 12.1 Å². The van der Waals surface area contributed by atoms with Crippen LogP contribution in [-0.2, 0) is 19.1 Å². The average molecular weight is 319 g/mol. The van der Waals surface area contributed by atoms with Crippen LogP contribution in [0.4, 0.5) is 0 Å². The standard InChI is InChI=1S/C15H17N3O5/c1-2-17-13(19)8-18-14(20)9-23-15(21)10-22-12-6-4-3-5-11(12)7-16/h3-6H,2,8-10H2,1H3,(H,17,19)(H,18,20). The number of nitrogens with zero attached hydrogens (tertiary/aromatic N) is 1. The zero-order valence-electron chi connectivity index (χ0n) is 12.6. The normalized spacial score (nSPS) is 9.39. The van der Waals surface area contributed by atoms with Crippen LogP contribution < -0.4 is 15.4 Å². The summed E-state index contributed by atoms with van der Waals surface area (Å²) in [5.41, 5.74) is 0.292. The van der Waals surface area contributed by atoms with Crippen molar-refractivity contribution in [3.8, 4) is 11.8 Å². The number of likely N-dealkylation sites (N-methyl/N-ethyl adjacent to an activating group) is 1. The van der Waals surface area contributed by atoms with Crippen molar-refractivity contribution >= 4 is 17.8 Å². The van der Waals surface area contributed by atoms with Crippen molar-refractivity contribution in [3.63, 3.8) is 0 Å². The van der Waals surface area contributed by atoms with E-state index in [9.17, 15) is 14.4 Å². The molecule has 0 fully saturated rings. The molecule has 1 aromatic carbocycles. The number of carbonyl (C=O) groups is 3. The number of nitriles is 1. The lowest BCUT2D eigenvalue weighted by molar-refractivity contribution is -0.150. The van der Waals surface area contributed by atoms with Crippen molar-refractivity contribution in [1.29, 1.82) is 5.26 Å². The van der Waals surface area contributed by atoms with Crippen LogP contribution in [0.1, 0.15) is 12.5 Å². The molecule has 23 heavy (non-hydrogen) atoms. The Balaban J connectivity index is 2.28. The molecule has 0 aromatic heterocycles. The Morgan fingerprint density at radius 2 is 1.87 bits per heavy atom. The number of amides is 2. The maximum atomic E-state index is 11.5. The number of carbonyl (C=O) groups excluding carboxylic acids is 3. The molecule has 0 aliphatic rings. The molecule has 0 aliphatic heterocycles. The number of nitrogens with one attached hydrogen (secondary N) is 2. The minimum atomic E-state index is -0.758. The highest BCUT2D eigenvalue weighted by atomic mass is 16.6. The van der Waals surface area contributed by atoms with Gasteiger partial charge < -0.3 is 20.1 Å². The molecule has 8 nitrogen and oxygen atoms in total. The zero-order valence-corrected chi connectivity index (χ0v) is 12.6. The van der Waals surface area contributed by atoms with Gasteiger partial charge in [-0.25, -0.2) is 4.79 Å². The lowest BCUT2D eigenvalue weighted by Gasteiger charge is -2.08. The summed E-state index contributed by atoms with van der Waals surface area (Å²) in [7, 11) is 0. The highest BCUT2D eigenvalue weighted by molar-refractivity contribution is 5.86. The van der Waals surface area contributed by atoms with Crippen molar-refractivity contribution in [2.75, 3.05) is 26.3 Å². The van der Waals surface area contributed by atoms with Gasteiger partial charge in [0.15, 0.2) is 13.2 Å². The Labute approximate surface area is 133 Å². The smallest absolute Gasteiger partial charge is 0.344 e. The summed E-state index contributed by atoms with van der Waals surface area (Å²) in [4.78, 5) is 34.0. The third kappa shape index (κ3) is 6.95. The third-order valence-corrected chi connectivity index (χ3v) is 2.54. The van der Waals surface area contributed by atoms with Crippen LogP contribution in [0.15, 0.2) is 24.3 Å². The van der Waals surface area contributed by atoms with Crippen LogP contribution in [0.25, 0.3) is 0 Å². The van der Waals surface area contributed by atoms with Gasteiger partial charge in [0.2, 0.25) is 5.91 Å². The summed E-state index contributed by atoms with van der Waals surface area (Å²) in [5, 5.41) is 13.7. The summed E-state index contributed by atoms with van der Waals surface area (Å²) >= 11 is 0. The molecule has 2 N–H and O–H groups in total. The van der Waals surface area contributed by atoms with E-state index >= 15 is 0 Å². The third-order valence-electron chi connectivity index (χ3n) is 2.54. The molecule has 0 aliphatic carbocycles. The van der Waals surface area contributed by atoms with Crippen molar-refractivity contribution < 1.29 is 23.9 Å². The number of rotatable bonds is 8. The Morgan fingerprint density at radius 1 is 1.13 bits per heavy atom. The Kier molecular flexibility index (Phi) is 7.64. The maximum Gasteiger partial charge on any atom is 0.344 e. The molecular weight excluding hydrogens is 302 g/mol. The summed E-state index contributed by atoms with van der Waals surface area (Å²) in [6.45, 7) is 1.09. The minimum absolute atomic E-state index is 0.184. The fourth-order valence-corrected chi connectivity index (χ4v) is 1.50. The maximum absolute atomic E-state index is 11.5. The molecule has 0 atom stereocenters. The van der Waals surface area contributed by atoms with E-state index in [0.717, 1.165) is 0 Å². The van der Waals surface area contributed by atoms with Crippen molar-refractivity contribution in [2.24, 2.45) is 0 Å². The Bertz CT molecular complexity index is 609. The topological polar surface area (TPSA) is 118 Å². The number of ether oxygens (including phenoxy) is 2. The number of hydrogen-bond acceptors (Lipinski definition) is 6. The highest BCUT2D eigenvalue weighted by Crippen LogP contribution is 2.16. The molecule has 1 aromatic rings. The molecule has 122 valence electrons. The molecule has 1 rings (SSSR count). The summed E-state index contributed by atoms with van der Waals surface area (Å²) in [6, 6.07) is 8.36. The summed E-state index contributed by atoms with van der Waals surface area (Å²) < 4.78 is 9.86. The van der Waals surface area contributed by atoms with Gasteiger partial charge in [0.1, 0.15) is 11.8 Å². The number of benzene rings is 1. The largest absolute Gasteiger partial charge is 0.481 e. The first kappa shape index (κ1) is 18.0. The fraction of sp³-hybridized carbons (Fsp3) is 0.333. The fourth-order valence-electron chi connectivity index (χ4n) is 1.50. The first-order chi connectivity index (χ1) is 11.1. The van der Waals surface area contributed by atoms with Crippen LogP contribution in [-0.4, -0.2) is 44.1 Å². The van der Waals surface area contributed by atoms with Crippen molar-refractivity contribution in [1.82, 2.24) is 10.6 Å². The molecule has 2 amide bonds. The van der Waals surface area contributed by atoms with Gasteiger partial charge in [-0.2, -0.15) is 5.26 Å². The Hall–Kier alpha value is -3.08. The summed E-state index contributed by atoms with van der Waals surface area (Å²) in [5.74, 6) is -1.43. The molecule has 0 bridgehead atoms. The van der Waals surface area contributed by atoms with Crippen LogP contribution in [0, 0.1) is 11.3 Å². The van der Waals surface area contributed by atoms with E-state index < -0.39 is 25.1 Å². The van der Waals surface area contributed by atoms with Gasteiger partial charge in [0.05, 0.1) is 12.1 Å². The van der Waals surface area contributed by atoms with Gasteiger partial charge in [-0.3, -0.25) is 9.59 Å². The second kappa shape index (κ2) is 9.78. The predicted molar refractivity (Wildman–Crippen MR) is 79.3 cm³/mol. The zero-order chi connectivity index (χ0) is 17.1. The predicted octanol–water partition coefficient (Wildman–Crippen LogP) is -0.267. The molecule has 0 saturated heterocycles. The molecule has 0 spiro atoms. The monoisotopic (exact) mass is 319 g/mol. The second-order valence-electron chi connectivity index (χ2n) is 4.29. The number of hydrogen-bond donors (Lipinski definition) is 2. The first-order valence-electron chi connectivity index (χ1n) is 6.87. The van der Waals surface area contributed by atoms with Gasteiger partial charge in [0, 0.05) is 6.54 Å². The van der Waals surface area contributed by atoms with Gasteiger partial charge in [0.25, 0.3) is 5.91 Å². The van der Waals surface area contributed by atoms with E-state index in [4.69, 9.17) is 14.7 Å². The van der Waals surface area contributed by atoms with E-state index in [2.05, 4.69) is 10.6 Å². The van der Waals surface area contributed by atoms with E-state index in [-0.39, 0.29) is 18.2 Å². The van der Waals surface area contributed by atoms with Gasteiger partial charge >= 0.3 is 5.97 Å². The van der Waals surface area contributed by atoms with Crippen molar-refractivity contribution in [2.45, 2.75) is 6.92 Å². The average Bonchev–Trinajstić information content (AvgIpc) is 2.56. The Morgan fingerprint density at radius 3 is 2.57 bits per heavy atom. The van der Waals surface area contributed by atoms with E-state index in [1.807, 2.05) is 6.07 Å². The van der Waals surface area contributed by atoms with Gasteiger partial charge in [-0.15, -0.1) is 0 Å². The minimum Gasteiger partial charge on any atom is -0.481 e. The lowest BCUT2D eigenvalue weighted by Crippen LogP contribution is -2.38. The van der Waals surface area contributed by atoms with Gasteiger partial charge in [-0.05, 0) is 19.1 Å².